The van der Waals surface area contributed by atoms with Gasteiger partial charge in [-0.05, 0) is 48.6 Å². The first kappa shape index (κ1) is 19.9. The largest absolute Gasteiger partial charge is 0.508 e. The van der Waals surface area contributed by atoms with Crippen LogP contribution in [0.2, 0.25) is 0 Å². The number of hydrogen-bond acceptors (Lipinski definition) is 3. The zero-order valence-corrected chi connectivity index (χ0v) is 17.0. The highest BCUT2D eigenvalue weighted by atomic mass is 16.3. The van der Waals surface area contributed by atoms with Crippen molar-refractivity contribution in [3.63, 3.8) is 0 Å². The molecule has 152 valence electrons. The van der Waals surface area contributed by atoms with E-state index in [0.29, 0.717) is 24.2 Å². The van der Waals surface area contributed by atoms with Gasteiger partial charge in [0, 0.05) is 30.1 Å². The van der Waals surface area contributed by atoms with Crippen molar-refractivity contribution in [2.24, 2.45) is 5.92 Å². The molecule has 1 N–H and O–H groups in total. The number of benzene rings is 3. The summed E-state index contributed by atoms with van der Waals surface area (Å²) in [6.07, 6.45) is 1.57. The van der Waals surface area contributed by atoms with Gasteiger partial charge in [-0.1, -0.05) is 60.7 Å². The number of Topliss-reactive ketones (excluding diaryl/α,β-unsaturated/α-hetero) is 1. The van der Waals surface area contributed by atoms with E-state index in [9.17, 15) is 14.7 Å². The van der Waals surface area contributed by atoms with Crippen molar-refractivity contribution >= 4 is 11.7 Å². The molecule has 4 heteroatoms. The Balaban J connectivity index is 1.47. The van der Waals surface area contributed by atoms with E-state index in [-0.39, 0.29) is 23.4 Å². The fraction of sp³-hybridized carbons (Fsp3) is 0.231. The molecular formula is C26H25NO3. The van der Waals surface area contributed by atoms with Gasteiger partial charge in [-0.15, -0.1) is 0 Å². The lowest BCUT2D eigenvalue weighted by molar-refractivity contribution is 0.0636. The second kappa shape index (κ2) is 8.54. The lowest BCUT2D eigenvalue weighted by atomic mass is 9.89. The van der Waals surface area contributed by atoms with E-state index < -0.39 is 0 Å². The van der Waals surface area contributed by atoms with Crippen LogP contribution < -0.4 is 0 Å². The molecule has 0 bridgehead atoms. The molecule has 0 aliphatic carbocycles. The summed E-state index contributed by atoms with van der Waals surface area (Å²) in [6.45, 7) is 2.83. The molecule has 1 amide bonds. The average molecular weight is 399 g/mol. The number of amides is 1. The number of aromatic hydroxyl groups is 1. The first-order valence-electron chi connectivity index (χ1n) is 10.3. The number of phenolic OH excluding ortho intramolecular Hbond substituents is 1. The topological polar surface area (TPSA) is 57.6 Å². The number of carbonyl (C=O) groups excluding carboxylic acids is 2. The number of phenols is 1. The second-order valence-electron chi connectivity index (χ2n) is 7.90. The SMILES string of the molecule is Cc1ccc(C(=O)N2CCC[C@H](C(=O)c3ccc(-c4ccccc4)cc3)C2)cc1O. The molecular weight excluding hydrogens is 374 g/mol. The van der Waals surface area contributed by atoms with Crippen molar-refractivity contribution < 1.29 is 14.7 Å². The number of likely N-dealkylation sites (tertiary alicyclic amines) is 1. The molecule has 1 atom stereocenters. The van der Waals surface area contributed by atoms with Crippen LogP contribution in [0, 0.1) is 12.8 Å². The third kappa shape index (κ3) is 4.13. The van der Waals surface area contributed by atoms with Crippen LogP contribution in [-0.2, 0) is 0 Å². The fourth-order valence-corrected chi connectivity index (χ4v) is 3.99. The average Bonchev–Trinajstić information content (AvgIpc) is 2.80. The maximum absolute atomic E-state index is 13.1. The number of nitrogens with zero attached hydrogens (tertiary/aromatic N) is 1. The molecule has 1 saturated heterocycles. The number of ketones is 1. The smallest absolute Gasteiger partial charge is 0.254 e. The summed E-state index contributed by atoms with van der Waals surface area (Å²) >= 11 is 0. The number of piperidine rings is 1. The van der Waals surface area contributed by atoms with Crippen molar-refractivity contribution in [2.45, 2.75) is 19.8 Å². The van der Waals surface area contributed by atoms with Crippen molar-refractivity contribution in [2.75, 3.05) is 13.1 Å². The van der Waals surface area contributed by atoms with Gasteiger partial charge in [0.2, 0.25) is 0 Å². The Bertz CT molecular complexity index is 1060. The first-order chi connectivity index (χ1) is 14.5. The molecule has 0 aromatic heterocycles. The van der Waals surface area contributed by atoms with Crippen LogP contribution in [0.3, 0.4) is 0 Å². The van der Waals surface area contributed by atoms with Crippen LogP contribution in [0.4, 0.5) is 0 Å². The number of aryl methyl sites for hydroxylation is 1. The predicted molar refractivity (Wildman–Crippen MR) is 118 cm³/mol. The van der Waals surface area contributed by atoms with E-state index >= 15 is 0 Å². The molecule has 1 fully saturated rings. The molecule has 0 radical (unpaired) electrons. The maximum atomic E-state index is 13.1. The molecule has 4 nitrogen and oxygen atoms in total. The van der Waals surface area contributed by atoms with Crippen LogP contribution in [0.25, 0.3) is 11.1 Å². The Labute approximate surface area is 176 Å². The van der Waals surface area contributed by atoms with E-state index in [0.717, 1.165) is 29.5 Å². The molecule has 0 unspecified atom stereocenters. The highest BCUT2D eigenvalue weighted by Crippen LogP contribution is 2.26. The molecule has 3 aromatic carbocycles. The zero-order valence-electron chi connectivity index (χ0n) is 17.0. The monoisotopic (exact) mass is 399 g/mol. The maximum Gasteiger partial charge on any atom is 0.254 e. The number of hydrogen-bond donors (Lipinski definition) is 1. The highest BCUT2D eigenvalue weighted by Gasteiger charge is 2.29. The Hall–Kier alpha value is -3.40. The van der Waals surface area contributed by atoms with Crippen LogP contribution in [0.5, 0.6) is 5.75 Å². The lowest BCUT2D eigenvalue weighted by Crippen LogP contribution is -2.42. The van der Waals surface area contributed by atoms with Gasteiger partial charge in [-0.3, -0.25) is 9.59 Å². The van der Waals surface area contributed by atoms with Crippen molar-refractivity contribution in [3.8, 4) is 16.9 Å². The van der Waals surface area contributed by atoms with Crippen molar-refractivity contribution in [3.05, 3.63) is 89.5 Å². The van der Waals surface area contributed by atoms with Crippen molar-refractivity contribution in [1.29, 1.82) is 0 Å². The molecule has 0 saturated carbocycles. The van der Waals surface area contributed by atoms with Gasteiger partial charge in [0.05, 0.1) is 0 Å². The van der Waals surface area contributed by atoms with E-state index in [2.05, 4.69) is 0 Å². The molecule has 3 aromatic rings. The second-order valence-corrected chi connectivity index (χ2v) is 7.90. The molecule has 1 aliphatic heterocycles. The van der Waals surface area contributed by atoms with Gasteiger partial charge in [0.25, 0.3) is 5.91 Å². The van der Waals surface area contributed by atoms with Gasteiger partial charge in [0.15, 0.2) is 5.78 Å². The number of rotatable bonds is 4. The zero-order chi connectivity index (χ0) is 21.1. The van der Waals surface area contributed by atoms with Gasteiger partial charge in [-0.2, -0.15) is 0 Å². The Morgan fingerprint density at radius 3 is 2.27 bits per heavy atom. The molecule has 30 heavy (non-hydrogen) atoms. The standard InChI is InChI=1S/C26H25NO3/c1-18-9-10-22(16-24(18)28)26(30)27-15-5-8-23(17-27)25(29)21-13-11-20(12-14-21)19-6-3-2-4-7-19/h2-4,6-7,9-14,16,23,28H,5,8,15,17H2,1H3/t23-/m0/s1. The fourth-order valence-electron chi connectivity index (χ4n) is 3.99. The lowest BCUT2D eigenvalue weighted by Gasteiger charge is -2.32. The quantitative estimate of drug-likeness (QED) is 0.621. The minimum Gasteiger partial charge on any atom is -0.508 e. The van der Waals surface area contributed by atoms with E-state index in [4.69, 9.17) is 0 Å². The Morgan fingerprint density at radius 2 is 1.57 bits per heavy atom. The minimum absolute atomic E-state index is 0.0823. The van der Waals surface area contributed by atoms with Gasteiger partial charge in [-0.25, -0.2) is 0 Å². The number of carbonyl (C=O) groups is 2. The molecule has 4 rings (SSSR count). The summed E-state index contributed by atoms with van der Waals surface area (Å²) in [6, 6.07) is 22.7. The Kier molecular flexibility index (Phi) is 5.66. The van der Waals surface area contributed by atoms with Gasteiger partial charge in [0.1, 0.15) is 5.75 Å². The molecule has 1 aliphatic rings. The van der Waals surface area contributed by atoms with Crippen LogP contribution in [-0.4, -0.2) is 34.8 Å². The van der Waals surface area contributed by atoms with Crippen molar-refractivity contribution in [1.82, 2.24) is 4.90 Å². The summed E-state index contributed by atoms with van der Waals surface area (Å²) in [5.41, 5.74) is 4.07. The summed E-state index contributed by atoms with van der Waals surface area (Å²) in [4.78, 5) is 27.7. The van der Waals surface area contributed by atoms with E-state index in [1.54, 1.807) is 24.0 Å². The minimum atomic E-state index is -0.204. The molecule has 0 spiro atoms. The summed E-state index contributed by atoms with van der Waals surface area (Å²) < 4.78 is 0. The van der Waals surface area contributed by atoms with E-state index in [1.165, 1.54) is 6.07 Å². The van der Waals surface area contributed by atoms with Gasteiger partial charge < -0.3 is 10.0 Å². The van der Waals surface area contributed by atoms with Crippen LogP contribution in [0.15, 0.2) is 72.8 Å². The summed E-state index contributed by atoms with van der Waals surface area (Å²) in [5.74, 6) is -0.144. The Morgan fingerprint density at radius 1 is 0.900 bits per heavy atom. The van der Waals surface area contributed by atoms with Crippen LogP contribution in [0.1, 0.15) is 39.1 Å². The predicted octanol–water partition coefficient (Wildman–Crippen LogP) is 5.10. The molecule has 1 heterocycles. The summed E-state index contributed by atoms with van der Waals surface area (Å²) in [7, 11) is 0. The van der Waals surface area contributed by atoms with Crippen LogP contribution >= 0.6 is 0 Å². The summed E-state index contributed by atoms with van der Waals surface area (Å²) in [5, 5.41) is 9.92. The van der Waals surface area contributed by atoms with Gasteiger partial charge >= 0.3 is 0 Å². The third-order valence-corrected chi connectivity index (χ3v) is 5.81. The normalized spacial score (nSPS) is 16.3. The third-order valence-electron chi connectivity index (χ3n) is 5.81. The first-order valence-corrected chi connectivity index (χ1v) is 10.3. The van der Waals surface area contributed by atoms with E-state index in [1.807, 2.05) is 54.6 Å². The highest BCUT2D eigenvalue weighted by molar-refractivity contribution is 5.99.